The number of carboxylic acids is 1. The number of likely N-dealkylation sites (tertiary alicyclic amines) is 1. The minimum atomic E-state index is -0.851. The molecular weight excluding hydrogens is 287 g/mol. The van der Waals surface area contributed by atoms with Crippen molar-refractivity contribution >= 4 is 12.0 Å². The number of urea groups is 1. The molecule has 1 saturated heterocycles. The van der Waals surface area contributed by atoms with Crippen LogP contribution in [0.5, 0.6) is 0 Å². The van der Waals surface area contributed by atoms with E-state index in [-0.39, 0.29) is 24.3 Å². The Morgan fingerprint density at radius 1 is 1.32 bits per heavy atom. The van der Waals surface area contributed by atoms with Gasteiger partial charge in [-0.15, -0.1) is 0 Å². The molecule has 6 heteroatoms. The second kappa shape index (κ2) is 7.24. The number of carboxylic acid groups (broad SMARTS) is 1. The van der Waals surface area contributed by atoms with Crippen LogP contribution in [0.25, 0.3) is 0 Å². The largest absolute Gasteiger partial charge is 0.481 e. The van der Waals surface area contributed by atoms with Crippen molar-refractivity contribution in [1.29, 1.82) is 0 Å². The van der Waals surface area contributed by atoms with Gasteiger partial charge in [-0.25, -0.2) is 9.18 Å². The van der Waals surface area contributed by atoms with Crippen LogP contribution in [0.1, 0.15) is 18.9 Å². The van der Waals surface area contributed by atoms with Gasteiger partial charge in [0.05, 0.1) is 5.92 Å². The molecule has 1 aliphatic heterocycles. The third kappa shape index (κ3) is 4.44. The first-order valence-corrected chi connectivity index (χ1v) is 7.45. The van der Waals surface area contributed by atoms with Crippen LogP contribution in [0.15, 0.2) is 24.3 Å². The predicted octanol–water partition coefficient (Wildman–Crippen LogP) is 2.12. The molecule has 0 spiro atoms. The van der Waals surface area contributed by atoms with Gasteiger partial charge in [0.1, 0.15) is 5.82 Å². The summed E-state index contributed by atoms with van der Waals surface area (Å²) in [6, 6.07) is 5.91. The summed E-state index contributed by atoms with van der Waals surface area (Å²) in [4.78, 5) is 24.8. The Hall–Kier alpha value is -2.11. The summed E-state index contributed by atoms with van der Waals surface area (Å²) in [5.74, 6) is -1.45. The molecule has 0 radical (unpaired) electrons. The zero-order valence-corrected chi connectivity index (χ0v) is 12.6. The average molecular weight is 308 g/mol. The number of nitrogens with zero attached hydrogens (tertiary/aromatic N) is 1. The Morgan fingerprint density at radius 3 is 2.64 bits per heavy atom. The number of carbonyl (C=O) groups is 2. The number of benzene rings is 1. The fourth-order valence-corrected chi connectivity index (χ4v) is 2.77. The maximum Gasteiger partial charge on any atom is 0.317 e. The van der Waals surface area contributed by atoms with Crippen LogP contribution in [0.4, 0.5) is 9.18 Å². The van der Waals surface area contributed by atoms with E-state index in [0.29, 0.717) is 25.9 Å². The van der Waals surface area contributed by atoms with E-state index >= 15 is 0 Å². The van der Waals surface area contributed by atoms with Gasteiger partial charge in [-0.1, -0.05) is 19.1 Å². The number of rotatable bonds is 4. The van der Waals surface area contributed by atoms with Gasteiger partial charge in [0.2, 0.25) is 0 Å². The van der Waals surface area contributed by atoms with E-state index in [1.165, 1.54) is 12.1 Å². The molecule has 0 saturated carbocycles. The smallest absolute Gasteiger partial charge is 0.317 e. The lowest BCUT2D eigenvalue weighted by Gasteiger charge is -2.34. The van der Waals surface area contributed by atoms with Crippen molar-refractivity contribution in [2.75, 3.05) is 19.6 Å². The van der Waals surface area contributed by atoms with Crippen molar-refractivity contribution in [2.24, 2.45) is 11.8 Å². The third-order valence-corrected chi connectivity index (χ3v) is 3.90. The fourth-order valence-electron chi connectivity index (χ4n) is 2.77. The van der Waals surface area contributed by atoms with E-state index in [1.807, 2.05) is 6.92 Å². The number of hydrogen-bond acceptors (Lipinski definition) is 2. The maximum absolute atomic E-state index is 12.8. The molecule has 0 bridgehead atoms. The lowest BCUT2D eigenvalue weighted by molar-refractivity contribution is -0.143. The van der Waals surface area contributed by atoms with E-state index in [9.17, 15) is 14.0 Å². The summed E-state index contributed by atoms with van der Waals surface area (Å²) in [5.41, 5.74) is 0.942. The first kappa shape index (κ1) is 16.3. The first-order valence-electron chi connectivity index (χ1n) is 7.45. The number of piperidine rings is 1. The van der Waals surface area contributed by atoms with Crippen molar-refractivity contribution in [2.45, 2.75) is 19.8 Å². The van der Waals surface area contributed by atoms with Crippen molar-refractivity contribution in [1.82, 2.24) is 10.2 Å². The molecule has 2 N–H and O–H groups in total. The van der Waals surface area contributed by atoms with Crippen LogP contribution < -0.4 is 5.32 Å². The number of halogens is 1. The number of hydrogen-bond donors (Lipinski definition) is 2. The lowest BCUT2D eigenvalue weighted by atomic mass is 9.91. The van der Waals surface area contributed by atoms with Crippen LogP contribution in [0.3, 0.4) is 0 Å². The monoisotopic (exact) mass is 308 g/mol. The zero-order valence-electron chi connectivity index (χ0n) is 12.6. The third-order valence-electron chi connectivity index (χ3n) is 3.90. The molecule has 0 aliphatic carbocycles. The van der Waals surface area contributed by atoms with Crippen LogP contribution in [-0.4, -0.2) is 41.6 Å². The quantitative estimate of drug-likeness (QED) is 0.895. The van der Waals surface area contributed by atoms with Gasteiger partial charge in [-0.3, -0.25) is 4.79 Å². The normalized spacial score (nSPS) is 21.5. The minimum Gasteiger partial charge on any atom is -0.481 e. The highest BCUT2D eigenvalue weighted by Gasteiger charge is 2.31. The standard InChI is InChI=1S/C16H21FN2O3/c1-11-8-13(15(20)21)10-19(9-11)16(22)18-7-6-12-2-4-14(17)5-3-12/h2-5,11,13H,6-10H2,1H3,(H,18,22)(H,20,21). The van der Waals surface area contributed by atoms with Crippen LogP contribution in [0.2, 0.25) is 0 Å². The van der Waals surface area contributed by atoms with Crippen LogP contribution in [-0.2, 0) is 11.2 Å². The molecule has 2 rings (SSSR count). The lowest BCUT2D eigenvalue weighted by Crippen LogP contribution is -2.49. The summed E-state index contributed by atoms with van der Waals surface area (Å²) in [5, 5.41) is 11.9. The predicted molar refractivity (Wildman–Crippen MR) is 80.0 cm³/mol. The highest BCUT2D eigenvalue weighted by Crippen LogP contribution is 2.21. The van der Waals surface area contributed by atoms with Crippen molar-refractivity contribution in [3.8, 4) is 0 Å². The molecule has 2 amide bonds. The SMILES string of the molecule is CC1CC(C(=O)O)CN(C(=O)NCCc2ccc(F)cc2)C1. The van der Waals surface area contributed by atoms with E-state index in [2.05, 4.69) is 5.32 Å². The number of carbonyl (C=O) groups excluding carboxylic acids is 1. The number of nitrogens with one attached hydrogen (secondary N) is 1. The highest BCUT2D eigenvalue weighted by atomic mass is 19.1. The topological polar surface area (TPSA) is 69.6 Å². The number of aliphatic carboxylic acids is 1. The summed E-state index contributed by atoms with van der Waals surface area (Å²) >= 11 is 0. The van der Waals surface area contributed by atoms with Gasteiger partial charge >= 0.3 is 12.0 Å². The molecule has 2 atom stereocenters. The van der Waals surface area contributed by atoms with Gasteiger partial charge in [0, 0.05) is 19.6 Å². The van der Waals surface area contributed by atoms with E-state index in [4.69, 9.17) is 5.11 Å². The van der Waals surface area contributed by atoms with E-state index in [1.54, 1.807) is 17.0 Å². The van der Waals surface area contributed by atoms with Crippen molar-refractivity contribution in [3.63, 3.8) is 0 Å². The van der Waals surface area contributed by atoms with Crippen molar-refractivity contribution < 1.29 is 19.1 Å². The molecule has 1 aromatic carbocycles. The van der Waals surface area contributed by atoms with Crippen molar-refractivity contribution in [3.05, 3.63) is 35.6 Å². The molecular formula is C16H21FN2O3. The van der Waals surface area contributed by atoms with Crippen LogP contribution in [0, 0.1) is 17.7 Å². The fraction of sp³-hybridized carbons (Fsp3) is 0.500. The first-order chi connectivity index (χ1) is 10.5. The highest BCUT2D eigenvalue weighted by molar-refractivity contribution is 5.76. The second-order valence-corrected chi connectivity index (χ2v) is 5.89. The Labute approximate surface area is 129 Å². The Kier molecular flexibility index (Phi) is 5.35. The summed E-state index contributed by atoms with van der Waals surface area (Å²) in [7, 11) is 0. The van der Waals surface area contributed by atoms with Crippen LogP contribution >= 0.6 is 0 Å². The minimum absolute atomic E-state index is 0.178. The molecule has 2 unspecified atom stereocenters. The molecule has 1 aromatic rings. The Morgan fingerprint density at radius 2 is 2.00 bits per heavy atom. The molecule has 1 fully saturated rings. The molecule has 120 valence electrons. The second-order valence-electron chi connectivity index (χ2n) is 5.89. The Bertz CT molecular complexity index is 533. The van der Waals surface area contributed by atoms with Gasteiger partial charge < -0.3 is 15.3 Å². The molecule has 0 aromatic heterocycles. The van der Waals surface area contributed by atoms with E-state index < -0.39 is 11.9 Å². The van der Waals surface area contributed by atoms with Gasteiger partial charge in [0.25, 0.3) is 0 Å². The average Bonchev–Trinajstić information content (AvgIpc) is 2.48. The molecule has 5 nitrogen and oxygen atoms in total. The van der Waals surface area contributed by atoms with Gasteiger partial charge in [0.15, 0.2) is 0 Å². The van der Waals surface area contributed by atoms with E-state index in [0.717, 1.165) is 5.56 Å². The summed E-state index contributed by atoms with van der Waals surface area (Å²) in [6.07, 6.45) is 1.21. The molecule has 1 heterocycles. The van der Waals surface area contributed by atoms with Gasteiger partial charge in [-0.05, 0) is 36.5 Å². The molecule has 22 heavy (non-hydrogen) atoms. The molecule has 1 aliphatic rings. The Balaban J connectivity index is 1.81. The summed E-state index contributed by atoms with van der Waals surface area (Å²) in [6.45, 7) is 3.22. The maximum atomic E-state index is 12.8. The zero-order chi connectivity index (χ0) is 16.1. The number of amides is 2. The van der Waals surface area contributed by atoms with Gasteiger partial charge in [-0.2, -0.15) is 0 Å². The summed E-state index contributed by atoms with van der Waals surface area (Å²) < 4.78 is 12.8.